The molecular weight excluding hydrogens is 261 g/mol. The Morgan fingerprint density at radius 1 is 1.47 bits per heavy atom. The van der Waals surface area contributed by atoms with Crippen LogP contribution in [0.2, 0.25) is 0 Å². The van der Waals surface area contributed by atoms with Crippen LogP contribution in [0.15, 0.2) is 29.7 Å². The van der Waals surface area contributed by atoms with Crippen LogP contribution in [0.1, 0.15) is 37.4 Å². The molecule has 5 heteroatoms. The lowest BCUT2D eigenvalue weighted by Crippen LogP contribution is -2.17. The third kappa shape index (κ3) is 2.17. The number of nitriles is 1. The number of imidazole rings is 1. The van der Waals surface area contributed by atoms with Crippen LogP contribution in [-0.4, -0.2) is 9.55 Å². The molecule has 1 saturated carbocycles. The number of nitrogens with one attached hydrogen (secondary N) is 1. The van der Waals surface area contributed by atoms with Gasteiger partial charge < -0.3 is 9.55 Å². The molecule has 2 unspecified atom stereocenters. The van der Waals surface area contributed by atoms with Crippen molar-refractivity contribution in [3.05, 3.63) is 40.2 Å². The lowest BCUT2D eigenvalue weighted by Gasteiger charge is -2.23. The van der Waals surface area contributed by atoms with E-state index >= 15 is 0 Å². The van der Waals surface area contributed by atoms with Gasteiger partial charge in [-0.15, -0.1) is 0 Å². The highest BCUT2D eigenvalue weighted by molar-refractivity contribution is 7.71. The van der Waals surface area contributed by atoms with Gasteiger partial charge in [-0.3, -0.25) is 0 Å². The minimum atomic E-state index is -0.435. The van der Waals surface area contributed by atoms with Crippen molar-refractivity contribution in [2.24, 2.45) is 5.92 Å². The third-order valence-electron chi connectivity index (χ3n) is 3.77. The molecule has 1 fully saturated rings. The van der Waals surface area contributed by atoms with Gasteiger partial charge in [-0.1, -0.05) is 6.92 Å². The number of allylic oxidation sites excluding steroid dienone is 4. The Bertz CT molecular complexity index is 670. The van der Waals surface area contributed by atoms with E-state index in [4.69, 9.17) is 17.5 Å². The van der Waals surface area contributed by atoms with Gasteiger partial charge in [0.1, 0.15) is 11.9 Å². The fourth-order valence-corrected chi connectivity index (χ4v) is 2.79. The first kappa shape index (κ1) is 12.4. The van der Waals surface area contributed by atoms with Crippen LogP contribution >= 0.6 is 12.2 Å². The molecule has 98 valence electrons. The predicted molar refractivity (Wildman–Crippen MR) is 72.7 cm³/mol. The summed E-state index contributed by atoms with van der Waals surface area (Å²) in [5, 5.41) is 8.94. The minimum Gasteiger partial charge on any atom is -0.334 e. The fourth-order valence-electron chi connectivity index (χ4n) is 2.50. The van der Waals surface area contributed by atoms with Gasteiger partial charge in [0.15, 0.2) is 4.77 Å². The van der Waals surface area contributed by atoms with Crippen LogP contribution in [0, 0.1) is 22.0 Å². The van der Waals surface area contributed by atoms with E-state index in [0.717, 1.165) is 5.69 Å². The molecule has 1 heterocycles. The first-order valence-corrected chi connectivity index (χ1v) is 6.81. The van der Waals surface area contributed by atoms with E-state index in [0.29, 0.717) is 10.7 Å². The van der Waals surface area contributed by atoms with Crippen LogP contribution in [0.5, 0.6) is 0 Å². The molecule has 2 aliphatic carbocycles. The zero-order valence-corrected chi connectivity index (χ0v) is 11.4. The molecule has 0 amide bonds. The second-order valence-electron chi connectivity index (χ2n) is 5.25. The molecule has 2 atom stereocenters. The first-order chi connectivity index (χ1) is 9.10. The van der Waals surface area contributed by atoms with Gasteiger partial charge >= 0.3 is 0 Å². The molecule has 0 spiro atoms. The molecule has 0 radical (unpaired) electrons. The molecule has 0 saturated heterocycles. The highest BCUT2D eigenvalue weighted by Gasteiger charge is 2.28. The Balaban J connectivity index is 2.00. The number of hydrogen-bond donors (Lipinski definition) is 1. The summed E-state index contributed by atoms with van der Waals surface area (Å²) in [6.45, 7) is 1.93. The van der Waals surface area contributed by atoms with E-state index in [1.165, 1.54) is 18.9 Å². The quantitative estimate of drug-likeness (QED) is 0.831. The number of halogens is 1. The van der Waals surface area contributed by atoms with Gasteiger partial charge in [-0.2, -0.15) is 5.26 Å². The third-order valence-corrected chi connectivity index (χ3v) is 4.08. The molecule has 1 aromatic rings. The SMILES string of the molecule is CC1C=C(F)C(C#N)=CC1n1cc(C2CC2)[nH]c1=S. The Labute approximate surface area is 116 Å². The smallest absolute Gasteiger partial charge is 0.177 e. The summed E-state index contributed by atoms with van der Waals surface area (Å²) in [6, 6.07) is 1.80. The van der Waals surface area contributed by atoms with Gasteiger partial charge in [-0.25, -0.2) is 4.39 Å². The van der Waals surface area contributed by atoms with E-state index < -0.39 is 5.83 Å². The minimum absolute atomic E-state index is 0.0216. The van der Waals surface area contributed by atoms with Crippen molar-refractivity contribution in [3.63, 3.8) is 0 Å². The number of aromatic nitrogens is 2. The van der Waals surface area contributed by atoms with Crippen molar-refractivity contribution in [1.29, 1.82) is 5.26 Å². The summed E-state index contributed by atoms with van der Waals surface area (Å²) < 4.78 is 16.1. The average Bonchev–Trinajstić information content (AvgIpc) is 3.14. The van der Waals surface area contributed by atoms with Crippen molar-refractivity contribution >= 4 is 12.2 Å². The number of hydrogen-bond acceptors (Lipinski definition) is 2. The van der Waals surface area contributed by atoms with Gasteiger partial charge in [0.25, 0.3) is 0 Å². The summed E-state index contributed by atoms with van der Waals surface area (Å²) >= 11 is 5.34. The summed E-state index contributed by atoms with van der Waals surface area (Å²) in [5.74, 6) is 0.135. The van der Waals surface area contributed by atoms with Crippen molar-refractivity contribution < 1.29 is 4.39 Å². The second-order valence-corrected chi connectivity index (χ2v) is 5.64. The monoisotopic (exact) mass is 275 g/mol. The van der Waals surface area contributed by atoms with Crippen LogP contribution in [0.25, 0.3) is 0 Å². The topological polar surface area (TPSA) is 44.5 Å². The van der Waals surface area contributed by atoms with E-state index in [9.17, 15) is 4.39 Å². The molecule has 1 N–H and O–H groups in total. The lowest BCUT2D eigenvalue weighted by molar-refractivity contribution is 0.460. The van der Waals surface area contributed by atoms with Crippen LogP contribution in [0.3, 0.4) is 0 Å². The molecule has 19 heavy (non-hydrogen) atoms. The lowest BCUT2D eigenvalue weighted by atomic mass is 9.92. The average molecular weight is 275 g/mol. The molecule has 3 nitrogen and oxygen atoms in total. The second kappa shape index (κ2) is 4.46. The molecule has 0 aromatic carbocycles. The maximum absolute atomic E-state index is 13.6. The maximum atomic E-state index is 13.6. The number of rotatable bonds is 2. The highest BCUT2D eigenvalue weighted by Crippen LogP contribution is 2.40. The van der Waals surface area contributed by atoms with E-state index in [2.05, 4.69) is 4.98 Å². The standard InChI is InChI=1S/C14H14FN3S/c1-8-4-11(15)10(6-16)5-13(8)18-7-12(9-2-3-9)17-14(18)19/h4-5,7-9,13H,2-3H2,1H3,(H,17,19). The van der Waals surface area contributed by atoms with E-state index in [1.54, 1.807) is 6.08 Å². The maximum Gasteiger partial charge on any atom is 0.177 e. The van der Waals surface area contributed by atoms with Gasteiger partial charge in [0, 0.05) is 23.7 Å². The zero-order valence-electron chi connectivity index (χ0n) is 10.6. The van der Waals surface area contributed by atoms with Crippen molar-refractivity contribution in [1.82, 2.24) is 9.55 Å². The number of aromatic amines is 1. The van der Waals surface area contributed by atoms with Gasteiger partial charge in [0.05, 0.1) is 11.6 Å². The number of H-pyrrole nitrogens is 1. The van der Waals surface area contributed by atoms with Crippen molar-refractivity contribution in [2.45, 2.75) is 31.7 Å². The van der Waals surface area contributed by atoms with Crippen LogP contribution in [0.4, 0.5) is 4.39 Å². The molecule has 0 aliphatic heterocycles. The summed E-state index contributed by atoms with van der Waals surface area (Å²) in [7, 11) is 0. The summed E-state index contributed by atoms with van der Waals surface area (Å²) in [6.07, 6.45) is 7.57. The highest BCUT2D eigenvalue weighted by atomic mass is 32.1. The largest absolute Gasteiger partial charge is 0.334 e. The Kier molecular flexibility index (Phi) is 2.90. The summed E-state index contributed by atoms with van der Waals surface area (Å²) in [4.78, 5) is 3.22. The Hall–Kier alpha value is -1.67. The van der Waals surface area contributed by atoms with Crippen LogP contribution in [-0.2, 0) is 0 Å². The van der Waals surface area contributed by atoms with Gasteiger partial charge in [0.2, 0.25) is 0 Å². The Morgan fingerprint density at radius 2 is 2.21 bits per heavy atom. The Morgan fingerprint density at radius 3 is 2.84 bits per heavy atom. The van der Waals surface area contributed by atoms with Crippen LogP contribution < -0.4 is 0 Å². The summed E-state index contributed by atoms with van der Waals surface area (Å²) in [5.41, 5.74) is 1.25. The first-order valence-electron chi connectivity index (χ1n) is 6.41. The van der Waals surface area contributed by atoms with E-state index in [-0.39, 0.29) is 17.5 Å². The molecular formula is C14H14FN3S. The van der Waals surface area contributed by atoms with Crippen molar-refractivity contribution in [2.75, 3.05) is 0 Å². The normalized spacial score (nSPS) is 26.6. The molecule has 1 aromatic heterocycles. The fraction of sp³-hybridized carbons (Fsp3) is 0.429. The predicted octanol–water partition coefficient (Wildman–Crippen LogP) is 3.92. The molecule has 0 bridgehead atoms. The molecule has 3 rings (SSSR count). The van der Waals surface area contributed by atoms with E-state index in [1.807, 2.05) is 23.8 Å². The molecule has 2 aliphatic rings. The van der Waals surface area contributed by atoms with Crippen molar-refractivity contribution in [3.8, 4) is 6.07 Å². The zero-order chi connectivity index (χ0) is 13.6. The van der Waals surface area contributed by atoms with Gasteiger partial charge in [-0.05, 0) is 37.2 Å². The number of nitrogens with zero attached hydrogens (tertiary/aromatic N) is 2.